The van der Waals surface area contributed by atoms with Crippen LogP contribution in [0.25, 0.3) is 11.4 Å². The number of hydrogen-bond acceptors (Lipinski definition) is 6. The average molecular weight is 402 g/mol. The second kappa shape index (κ2) is 6.73. The van der Waals surface area contributed by atoms with E-state index in [9.17, 15) is 22.4 Å². The van der Waals surface area contributed by atoms with Crippen LogP contribution in [0.3, 0.4) is 0 Å². The predicted molar refractivity (Wildman–Crippen MR) is 88.5 cm³/mol. The van der Waals surface area contributed by atoms with Crippen LogP contribution in [0.1, 0.15) is 32.2 Å². The highest BCUT2D eigenvalue weighted by Gasteiger charge is 2.39. The topological polar surface area (TPSA) is 94.5 Å². The van der Waals surface area contributed by atoms with Gasteiger partial charge in [-0.3, -0.25) is 4.79 Å². The largest absolute Gasteiger partial charge is 0.491 e. The summed E-state index contributed by atoms with van der Waals surface area (Å²) in [5.74, 6) is -3.02. The van der Waals surface area contributed by atoms with Crippen LogP contribution in [-0.4, -0.2) is 39.1 Å². The van der Waals surface area contributed by atoms with Crippen LogP contribution >= 0.6 is 0 Å². The summed E-state index contributed by atoms with van der Waals surface area (Å²) >= 11 is 0. The van der Waals surface area contributed by atoms with Crippen LogP contribution in [0.5, 0.6) is 5.75 Å². The molecule has 11 heteroatoms. The lowest BCUT2D eigenvalue weighted by atomic mass is 10.0. The lowest BCUT2D eigenvalue weighted by Crippen LogP contribution is -2.54. The molecule has 3 rings (SSSR count). The molecule has 28 heavy (non-hydrogen) atoms. The molecule has 1 aliphatic heterocycles. The third-order valence-electron chi connectivity index (χ3n) is 4.23. The number of halogens is 4. The Kier molecular flexibility index (Phi) is 4.82. The van der Waals surface area contributed by atoms with Crippen molar-refractivity contribution in [3.63, 3.8) is 0 Å². The van der Waals surface area contributed by atoms with Gasteiger partial charge in [-0.2, -0.15) is 18.2 Å². The number of fused-ring (bicyclic) bond motifs is 1. The van der Waals surface area contributed by atoms with Gasteiger partial charge in [0.1, 0.15) is 18.2 Å². The van der Waals surface area contributed by atoms with Crippen molar-refractivity contribution >= 4 is 5.91 Å². The fraction of sp³-hybridized carbons (Fsp3) is 0.471. The van der Waals surface area contributed by atoms with E-state index in [0.717, 1.165) is 6.07 Å². The van der Waals surface area contributed by atoms with Crippen molar-refractivity contribution in [3.8, 4) is 17.1 Å². The zero-order valence-electron chi connectivity index (χ0n) is 15.3. The maximum atomic E-state index is 14.7. The number of carbonyl (C=O) groups is 1. The third-order valence-corrected chi connectivity index (χ3v) is 4.23. The molecule has 1 atom stereocenters. The molecule has 0 radical (unpaired) electrons. The zero-order chi connectivity index (χ0) is 20.9. The molecular weight excluding hydrogens is 384 g/mol. The quantitative estimate of drug-likeness (QED) is 0.777. The Morgan fingerprint density at radius 2 is 2.00 bits per heavy atom. The van der Waals surface area contributed by atoms with E-state index in [2.05, 4.69) is 14.7 Å². The van der Waals surface area contributed by atoms with E-state index in [4.69, 9.17) is 10.5 Å². The Hall–Kier alpha value is -2.69. The second-order valence-electron chi connectivity index (χ2n) is 7.17. The number of rotatable bonds is 2. The van der Waals surface area contributed by atoms with Crippen LogP contribution in [0.2, 0.25) is 0 Å². The highest BCUT2D eigenvalue weighted by Crippen LogP contribution is 2.34. The number of ether oxygens (including phenoxy) is 1. The van der Waals surface area contributed by atoms with Gasteiger partial charge in [-0.1, -0.05) is 5.16 Å². The molecule has 1 aliphatic rings. The molecule has 0 unspecified atom stereocenters. The molecule has 7 nitrogen and oxygen atoms in total. The number of aromatic nitrogens is 2. The Balaban J connectivity index is 1.98. The lowest BCUT2D eigenvalue weighted by Gasteiger charge is -2.32. The van der Waals surface area contributed by atoms with Crippen molar-refractivity contribution in [1.82, 2.24) is 15.0 Å². The number of carbonyl (C=O) groups excluding carboxylic acids is 1. The van der Waals surface area contributed by atoms with Gasteiger partial charge in [-0.25, -0.2) is 4.39 Å². The Bertz CT molecular complexity index is 905. The fourth-order valence-corrected chi connectivity index (χ4v) is 2.75. The normalized spacial score (nSPS) is 17.7. The first kappa shape index (κ1) is 20.1. The number of benzene rings is 1. The molecule has 0 spiro atoms. The summed E-state index contributed by atoms with van der Waals surface area (Å²) in [5.41, 5.74) is 4.76. The van der Waals surface area contributed by atoms with E-state index >= 15 is 0 Å². The SMILES string of the molecule is C[C@H]1COc2cc(-c3noc(C(F)(F)F)n3)cc(F)c2CN1C(=O)C(C)(C)N. The third kappa shape index (κ3) is 3.79. The molecular formula is C17H18F4N4O3. The molecule has 1 aromatic carbocycles. The molecule has 0 saturated carbocycles. The molecule has 0 saturated heterocycles. The minimum absolute atomic E-state index is 0.0397. The van der Waals surface area contributed by atoms with Gasteiger partial charge in [0.15, 0.2) is 0 Å². The number of nitrogens with two attached hydrogens (primary N) is 1. The van der Waals surface area contributed by atoms with Gasteiger partial charge in [0, 0.05) is 11.1 Å². The van der Waals surface area contributed by atoms with Gasteiger partial charge in [0.05, 0.1) is 18.1 Å². The van der Waals surface area contributed by atoms with E-state index in [0.29, 0.717) is 0 Å². The maximum Gasteiger partial charge on any atom is 0.471 e. The molecule has 2 N–H and O–H groups in total. The number of alkyl halides is 3. The van der Waals surface area contributed by atoms with Gasteiger partial charge < -0.3 is 19.9 Å². The zero-order valence-corrected chi connectivity index (χ0v) is 15.3. The molecule has 2 heterocycles. The van der Waals surface area contributed by atoms with Crippen molar-refractivity contribution in [2.75, 3.05) is 6.61 Å². The summed E-state index contributed by atoms with van der Waals surface area (Å²) < 4.78 is 62.4. The van der Waals surface area contributed by atoms with Crippen molar-refractivity contribution in [2.24, 2.45) is 5.73 Å². The van der Waals surface area contributed by atoms with Crippen LogP contribution in [0.4, 0.5) is 17.6 Å². The highest BCUT2D eigenvalue weighted by molar-refractivity contribution is 5.85. The van der Waals surface area contributed by atoms with Crippen LogP contribution in [0.15, 0.2) is 16.7 Å². The van der Waals surface area contributed by atoms with Gasteiger partial charge in [-0.15, -0.1) is 0 Å². The van der Waals surface area contributed by atoms with Gasteiger partial charge in [-0.05, 0) is 32.9 Å². The van der Waals surface area contributed by atoms with E-state index in [1.165, 1.54) is 11.0 Å². The molecule has 152 valence electrons. The van der Waals surface area contributed by atoms with E-state index < -0.39 is 35.3 Å². The van der Waals surface area contributed by atoms with Gasteiger partial charge >= 0.3 is 12.1 Å². The monoisotopic (exact) mass is 402 g/mol. The average Bonchev–Trinajstić information content (AvgIpc) is 3.01. The molecule has 0 fully saturated rings. The Morgan fingerprint density at radius 3 is 2.57 bits per heavy atom. The van der Waals surface area contributed by atoms with Crippen LogP contribution in [0, 0.1) is 5.82 Å². The standard InChI is InChI=1S/C17H18F4N4O3/c1-8-7-27-12-5-9(13-23-14(28-24-13)17(19,20)21)4-11(18)10(12)6-25(8)15(26)16(2,3)22/h4-5,8H,6-7,22H2,1-3H3/t8-/m0/s1. The summed E-state index contributed by atoms with van der Waals surface area (Å²) in [4.78, 5) is 17.2. The van der Waals surface area contributed by atoms with E-state index in [-0.39, 0.29) is 35.9 Å². The summed E-state index contributed by atoms with van der Waals surface area (Å²) in [7, 11) is 0. The molecule has 0 bridgehead atoms. The minimum Gasteiger partial charge on any atom is -0.491 e. The van der Waals surface area contributed by atoms with Crippen molar-refractivity contribution in [3.05, 3.63) is 29.4 Å². The van der Waals surface area contributed by atoms with E-state index in [1.54, 1.807) is 20.8 Å². The fourth-order valence-electron chi connectivity index (χ4n) is 2.75. The minimum atomic E-state index is -4.81. The van der Waals surface area contributed by atoms with Gasteiger partial charge in [0.25, 0.3) is 0 Å². The van der Waals surface area contributed by atoms with Crippen LogP contribution < -0.4 is 10.5 Å². The molecule has 2 aromatic rings. The van der Waals surface area contributed by atoms with E-state index in [1.807, 2.05) is 0 Å². The first-order chi connectivity index (χ1) is 12.9. The Morgan fingerprint density at radius 1 is 1.32 bits per heavy atom. The maximum absolute atomic E-state index is 14.7. The lowest BCUT2D eigenvalue weighted by molar-refractivity contribution is -0.159. The number of nitrogens with zero attached hydrogens (tertiary/aromatic N) is 3. The van der Waals surface area contributed by atoms with Crippen molar-refractivity contribution in [2.45, 2.75) is 45.1 Å². The summed E-state index contributed by atoms with van der Waals surface area (Å²) in [6, 6.07) is 1.89. The molecule has 0 aliphatic carbocycles. The first-order valence-electron chi connectivity index (χ1n) is 8.34. The molecule has 1 amide bonds. The first-order valence-corrected chi connectivity index (χ1v) is 8.34. The highest BCUT2D eigenvalue weighted by atomic mass is 19.4. The van der Waals surface area contributed by atoms with Crippen molar-refractivity contribution < 1.29 is 31.6 Å². The molecule has 1 aromatic heterocycles. The van der Waals surface area contributed by atoms with Crippen LogP contribution in [-0.2, 0) is 17.5 Å². The summed E-state index contributed by atoms with van der Waals surface area (Å²) in [5, 5.41) is 3.25. The second-order valence-corrected chi connectivity index (χ2v) is 7.17. The number of amides is 1. The van der Waals surface area contributed by atoms with Gasteiger partial charge in [0.2, 0.25) is 11.7 Å². The summed E-state index contributed by atoms with van der Waals surface area (Å²) in [6.07, 6.45) is -4.81. The summed E-state index contributed by atoms with van der Waals surface area (Å²) in [6.45, 7) is 4.77. The predicted octanol–water partition coefficient (Wildman–Crippen LogP) is 2.74. The van der Waals surface area contributed by atoms with Crippen molar-refractivity contribution in [1.29, 1.82) is 0 Å². The smallest absolute Gasteiger partial charge is 0.471 e. The number of hydrogen-bond donors (Lipinski definition) is 1. The Labute approximate surface area is 157 Å².